The highest BCUT2D eigenvalue weighted by Gasteiger charge is 2.38. The van der Waals surface area contributed by atoms with Crippen LogP contribution in [0.15, 0.2) is 6.07 Å². The summed E-state index contributed by atoms with van der Waals surface area (Å²) in [6.45, 7) is 0. The standard InChI is InChI=1S/C8H3F5N2O5/c9-5(10)4-3(20-8(11,12)13)1-2(7(16)17)6(14-4)15(18)19/h1,5H,(H,16,17). The van der Waals surface area contributed by atoms with Crippen molar-refractivity contribution >= 4 is 11.8 Å². The van der Waals surface area contributed by atoms with Crippen LogP contribution in [0.3, 0.4) is 0 Å². The van der Waals surface area contributed by atoms with Gasteiger partial charge in [0.25, 0.3) is 5.69 Å². The summed E-state index contributed by atoms with van der Waals surface area (Å²) in [5, 5.41) is 19.1. The van der Waals surface area contributed by atoms with E-state index >= 15 is 0 Å². The van der Waals surface area contributed by atoms with Crippen molar-refractivity contribution in [2.24, 2.45) is 0 Å². The number of hydrogen-bond acceptors (Lipinski definition) is 5. The van der Waals surface area contributed by atoms with Crippen molar-refractivity contribution in [1.82, 2.24) is 4.98 Å². The Morgan fingerprint density at radius 3 is 2.35 bits per heavy atom. The number of ether oxygens (including phenoxy) is 1. The Morgan fingerprint density at radius 1 is 1.45 bits per heavy atom. The second-order valence-corrected chi connectivity index (χ2v) is 3.15. The van der Waals surface area contributed by atoms with E-state index in [4.69, 9.17) is 5.11 Å². The zero-order valence-corrected chi connectivity index (χ0v) is 9.02. The summed E-state index contributed by atoms with van der Waals surface area (Å²) in [6.07, 6.45) is -9.02. The van der Waals surface area contributed by atoms with E-state index in [0.29, 0.717) is 0 Å². The fraction of sp³-hybridized carbons (Fsp3) is 0.250. The van der Waals surface area contributed by atoms with Gasteiger partial charge in [0, 0.05) is 6.07 Å². The molecule has 20 heavy (non-hydrogen) atoms. The van der Waals surface area contributed by atoms with E-state index in [1.807, 2.05) is 0 Å². The molecule has 0 saturated heterocycles. The van der Waals surface area contributed by atoms with Crippen LogP contribution in [-0.4, -0.2) is 27.3 Å². The van der Waals surface area contributed by atoms with Crippen molar-refractivity contribution in [1.29, 1.82) is 0 Å². The zero-order valence-electron chi connectivity index (χ0n) is 9.02. The summed E-state index contributed by atoms with van der Waals surface area (Å²) in [5.74, 6) is -5.14. The number of carboxylic acids is 1. The van der Waals surface area contributed by atoms with Gasteiger partial charge < -0.3 is 20.0 Å². The predicted octanol–water partition coefficient (Wildman–Crippen LogP) is 2.52. The number of aromatic carboxylic acids is 1. The smallest absolute Gasteiger partial charge is 0.477 e. The SMILES string of the molecule is O=C(O)c1cc(OC(F)(F)F)c(C(F)F)nc1[N+](=O)[O-]. The van der Waals surface area contributed by atoms with E-state index in [-0.39, 0.29) is 6.07 Å². The quantitative estimate of drug-likeness (QED) is 0.521. The average molecular weight is 302 g/mol. The molecular formula is C8H3F5N2O5. The number of nitro groups is 1. The van der Waals surface area contributed by atoms with Gasteiger partial charge in [-0.25, -0.2) is 13.6 Å². The molecule has 1 N–H and O–H groups in total. The molecule has 0 saturated carbocycles. The molecule has 1 rings (SSSR count). The first-order chi connectivity index (χ1) is 9.03. The normalized spacial score (nSPS) is 11.5. The van der Waals surface area contributed by atoms with Crippen LogP contribution in [0.4, 0.5) is 27.8 Å². The third kappa shape index (κ3) is 3.49. The number of carboxylic acid groups (broad SMARTS) is 1. The van der Waals surface area contributed by atoms with E-state index in [0.717, 1.165) is 0 Å². The van der Waals surface area contributed by atoms with Crippen molar-refractivity contribution in [3.63, 3.8) is 0 Å². The summed E-state index contributed by atoms with van der Waals surface area (Å²) in [5.41, 5.74) is -2.99. The zero-order chi connectivity index (χ0) is 15.7. The fourth-order valence-corrected chi connectivity index (χ4v) is 1.16. The van der Waals surface area contributed by atoms with E-state index in [9.17, 15) is 36.9 Å². The van der Waals surface area contributed by atoms with Crippen LogP contribution in [0, 0.1) is 10.1 Å². The molecule has 0 bridgehead atoms. The maximum atomic E-state index is 12.5. The Labute approximate surface area is 105 Å². The monoisotopic (exact) mass is 302 g/mol. The van der Waals surface area contributed by atoms with Crippen LogP contribution in [0.1, 0.15) is 22.5 Å². The molecule has 110 valence electrons. The number of hydrogen-bond donors (Lipinski definition) is 1. The molecule has 0 aliphatic carbocycles. The fourth-order valence-electron chi connectivity index (χ4n) is 1.16. The molecule has 0 aliphatic rings. The number of rotatable bonds is 4. The van der Waals surface area contributed by atoms with Gasteiger partial charge in [-0.15, -0.1) is 13.2 Å². The molecule has 0 aromatic carbocycles. The first kappa shape index (κ1) is 15.5. The highest BCUT2D eigenvalue weighted by molar-refractivity contribution is 5.92. The second-order valence-electron chi connectivity index (χ2n) is 3.15. The van der Waals surface area contributed by atoms with E-state index in [1.165, 1.54) is 0 Å². The first-order valence-corrected chi connectivity index (χ1v) is 4.49. The van der Waals surface area contributed by atoms with Crippen molar-refractivity contribution in [2.75, 3.05) is 0 Å². The Morgan fingerprint density at radius 2 is 2.00 bits per heavy atom. The van der Waals surface area contributed by atoms with Crippen molar-refractivity contribution < 1.29 is 41.5 Å². The van der Waals surface area contributed by atoms with Crippen LogP contribution < -0.4 is 4.74 Å². The molecule has 1 heterocycles. The van der Waals surface area contributed by atoms with Gasteiger partial charge in [0.05, 0.1) is 0 Å². The summed E-state index contributed by atoms with van der Waals surface area (Å²) in [7, 11) is 0. The lowest BCUT2D eigenvalue weighted by atomic mass is 10.2. The van der Waals surface area contributed by atoms with Crippen molar-refractivity contribution in [2.45, 2.75) is 12.8 Å². The van der Waals surface area contributed by atoms with Gasteiger partial charge in [0.1, 0.15) is 0 Å². The molecular weight excluding hydrogens is 299 g/mol. The van der Waals surface area contributed by atoms with E-state index < -0.39 is 46.5 Å². The summed E-state index contributed by atoms with van der Waals surface area (Å²) in [4.78, 5) is 22.3. The van der Waals surface area contributed by atoms with E-state index in [1.54, 1.807) is 0 Å². The van der Waals surface area contributed by atoms with Gasteiger partial charge >= 0.3 is 24.6 Å². The number of pyridine rings is 1. The Balaban J connectivity index is 3.53. The van der Waals surface area contributed by atoms with Gasteiger partial charge in [0.2, 0.25) is 0 Å². The minimum Gasteiger partial charge on any atom is -0.477 e. The predicted molar refractivity (Wildman–Crippen MR) is 49.5 cm³/mol. The number of nitrogens with zero attached hydrogens (tertiary/aromatic N) is 2. The molecule has 1 aromatic heterocycles. The maximum Gasteiger partial charge on any atom is 0.573 e. The highest BCUT2D eigenvalue weighted by atomic mass is 19.4. The largest absolute Gasteiger partial charge is 0.573 e. The summed E-state index contributed by atoms with van der Waals surface area (Å²) < 4.78 is 64.2. The minimum atomic E-state index is -5.39. The molecule has 0 amide bonds. The molecule has 0 fully saturated rings. The van der Waals surface area contributed by atoms with Gasteiger partial charge in [-0.1, -0.05) is 0 Å². The Hall–Kier alpha value is -2.53. The maximum absolute atomic E-state index is 12.5. The van der Waals surface area contributed by atoms with Gasteiger partial charge in [-0.2, -0.15) is 0 Å². The van der Waals surface area contributed by atoms with Gasteiger partial charge in [-0.3, -0.25) is 0 Å². The van der Waals surface area contributed by atoms with Crippen molar-refractivity contribution in [3.8, 4) is 5.75 Å². The van der Waals surface area contributed by atoms with Crippen LogP contribution in [-0.2, 0) is 0 Å². The second kappa shape index (κ2) is 5.22. The van der Waals surface area contributed by atoms with Crippen LogP contribution >= 0.6 is 0 Å². The third-order valence-electron chi connectivity index (χ3n) is 1.83. The molecule has 0 atom stereocenters. The molecule has 0 aliphatic heterocycles. The number of alkyl halides is 5. The molecule has 7 nitrogen and oxygen atoms in total. The lowest BCUT2D eigenvalue weighted by Gasteiger charge is -2.10. The topological polar surface area (TPSA) is 103 Å². The lowest BCUT2D eigenvalue weighted by Crippen LogP contribution is -2.20. The molecule has 1 aromatic rings. The summed E-state index contributed by atoms with van der Waals surface area (Å²) in [6, 6.07) is -0.0253. The Bertz CT molecular complexity index is 559. The van der Waals surface area contributed by atoms with Gasteiger partial charge in [-0.05, 0) is 9.91 Å². The summed E-state index contributed by atoms with van der Waals surface area (Å²) >= 11 is 0. The van der Waals surface area contributed by atoms with E-state index in [2.05, 4.69) is 9.72 Å². The molecule has 12 heteroatoms. The third-order valence-corrected chi connectivity index (χ3v) is 1.83. The minimum absolute atomic E-state index is 0.0253. The molecule has 0 radical (unpaired) electrons. The van der Waals surface area contributed by atoms with Crippen LogP contribution in [0.25, 0.3) is 0 Å². The Kier molecular flexibility index (Phi) is 4.06. The lowest BCUT2D eigenvalue weighted by molar-refractivity contribution is -0.390. The number of aromatic nitrogens is 1. The van der Waals surface area contributed by atoms with Crippen LogP contribution in [0.2, 0.25) is 0 Å². The van der Waals surface area contributed by atoms with Crippen LogP contribution in [0.5, 0.6) is 5.75 Å². The van der Waals surface area contributed by atoms with Crippen molar-refractivity contribution in [3.05, 3.63) is 27.4 Å². The number of halogens is 5. The van der Waals surface area contributed by atoms with Gasteiger partial charge in [0.15, 0.2) is 11.3 Å². The molecule has 0 unspecified atom stereocenters. The molecule has 0 spiro atoms. The number of carbonyl (C=O) groups is 1. The average Bonchev–Trinajstić information content (AvgIpc) is 2.25. The highest BCUT2D eigenvalue weighted by Crippen LogP contribution is 2.35. The first-order valence-electron chi connectivity index (χ1n) is 4.49.